The molecule has 0 rings (SSSR count). The molecule has 0 amide bonds. The summed E-state index contributed by atoms with van der Waals surface area (Å²) in [6.45, 7) is 1.92. The minimum absolute atomic E-state index is 0. The van der Waals surface area contributed by atoms with Crippen LogP contribution in [0, 0.1) is 7.11 Å². The zero-order valence-electron chi connectivity index (χ0n) is 3.19. The van der Waals surface area contributed by atoms with Gasteiger partial charge in [-0.1, -0.05) is 0 Å². The van der Waals surface area contributed by atoms with Crippen molar-refractivity contribution in [1.29, 1.82) is 0 Å². The van der Waals surface area contributed by atoms with Crippen LogP contribution in [-0.2, 0) is 37.2 Å². The van der Waals surface area contributed by atoms with Gasteiger partial charge >= 0.3 is 0 Å². The number of hydrogen-bond acceptors (Lipinski definition) is 1. The summed E-state index contributed by atoms with van der Waals surface area (Å²) in [5.74, 6) is 0. The van der Waals surface area contributed by atoms with Crippen LogP contribution in [0.25, 0.3) is 0 Å². The van der Waals surface area contributed by atoms with E-state index in [9.17, 15) is 0 Å². The van der Waals surface area contributed by atoms with Gasteiger partial charge in [0.05, 0.1) is 0 Å². The molecule has 0 N–H and O–H groups in total. The van der Waals surface area contributed by atoms with Gasteiger partial charge in [0.15, 0.2) is 0 Å². The van der Waals surface area contributed by atoms with E-state index in [4.69, 9.17) is 0 Å². The van der Waals surface area contributed by atoms with Crippen molar-refractivity contribution in [3.63, 3.8) is 0 Å². The van der Waals surface area contributed by atoms with E-state index in [0.717, 1.165) is 0 Å². The number of rotatable bonds is 1. The molecule has 0 bridgehead atoms. The Kier molecular flexibility index (Phi) is 17.6. The fourth-order valence-corrected chi connectivity index (χ4v) is 0. The Hall–Kier alpha value is 1.49. The van der Waals surface area contributed by atoms with Gasteiger partial charge in [-0.2, -0.15) is 0 Å². The molecule has 0 aliphatic rings. The van der Waals surface area contributed by atoms with Crippen LogP contribution in [0.15, 0.2) is 0 Å². The summed E-state index contributed by atoms with van der Waals surface area (Å²) in [5, 5.41) is 0. The second-order valence-electron chi connectivity index (χ2n) is 0.348. The van der Waals surface area contributed by atoms with Crippen LogP contribution in [0.5, 0.6) is 0 Å². The molecule has 1 atom stereocenters. The predicted molar refractivity (Wildman–Crippen MR) is 20.7 cm³/mol. The van der Waals surface area contributed by atoms with Crippen LogP contribution in [-0.4, -0.2) is 6.66 Å². The molecule has 0 aliphatic heterocycles. The average Bonchev–Trinajstić information content (AvgIpc) is 1.37. The SMILES string of the molecule is [CH2-]OPC.[Y]. The third-order valence-corrected chi connectivity index (χ3v) is 0.433. The quantitative estimate of drug-likeness (QED) is 0.417. The fourth-order valence-electron chi connectivity index (χ4n) is 0. The first-order valence-electron chi connectivity index (χ1n) is 0.993. The molecule has 0 heterocycles. The Balaban J connectivity index is 0. The molecule has 0 aromatic heterocycles. The van der Waals surface area contributed by atoms with Crippen LogP contribution in [0.2, 0.25) is 0 Å². The Morgan fingerprint density at radius 1 is 1.80 bits per heavy atom. The largest absolute Gasteiger partial charge is 0.537 e. The van der Waals surface area contributed by atoms with Crippen molar-refractivity contribution < 1.29 is 37.2 Å². The van der Waals surface area contributed by atoms with E-state index in [1.54, 1.807) is 0 Å². The first-order valence-corrected chi connectivity index (χ1v) is 2.40. The van der Waals surface area contributed by atoms with Gasteiger partial charge in [0.25, 0.3) is 0 Å². The van der Waals surface area contributed by atoms with Crippen molar-refractivity contribution in [2.45, 2.75) is 0 Å². The minimum atomic E-state index is 0. The maximum absolute atomic E-state index is 4.32. The normalized spacial score (nSPS) is 8.40. The minimum Gasteiger partial charge on any atom is -0.537 e. The van der Waals surface area contributed by atoms with E-state index < -0.39 is 0 Å². The van der Waals surface area contributed by atoms with Gasteiger partial charge in [-0.3, -0.25) is 0 Å². The molecule has 29 valence electrons. The summed E-state index contributed by atoms with van der Waals surface area (Å²) in [7, 11) is 3.65. The van der Waals surface area contributed by atoms with E-state index in [0.29, 0.717) is 8.81 Å². The second-order valence-corrected chi connectivity index (χ2v) is 1.05. The van der Waals surface area contributed by atoms with Crippen LogP contribution < -0.4 is 0 Å². The topological polar surface area (TPSA) is 9.23 Å². The van der Waals surface area contributed by atoms with Crippen molar-refractivity contribution in [3.05, 3.63) is 7.11 Å². The van der Waals surface area contributed by atoms with Crippen LogP contribution in [0.4, 0.5) is 0 Å². The van der Waals surface area contributed by atoms with Gasteiger partial charge in [0.1, 0.15) is 0 Å². The fraction of sp³-hybridized carbons (Fsp3) is 0.500. The smallest absolute Gasteiger partial charge is 0 e. The first kappa shape index (κ1) is 9.71. The number of hydrogen-bond donors (Lipinski definition) is 0. The van der Waals surface area contributed by atoms with Gasteiger partial charge in [-0.05, 0) is 15.5 Å². The summed E-state index contributed by atoms with van der Waals surface area (Å²) in [5.41, 5.74) is 0. The van der Waals surface area contributed by atoms with Crippen LogP contribution >= 0.6 is 8.81 Å². The standard InChI is InChI=1S/C2H6OP.Y/c1-3-4-2;/h4H,1H2,2H3;/q-1;. The van der Waals surface area contributed by atoms with E-state index in [2.05, 4.69) is 11.6 Å². The molecule has 5 heavy (non-hydrogen) atoms. The molecule has 0 aliphatic carbocycles. The average molecular weight is 166 g/mol. The summed E-state index contributed by atoms with van der Waals surface area (Å²) < 4.78 is 4.32. The second kappa shape index (κ2) is 9.09. The van der Waals surface area contributed by atoms with Gasteiger partial charge in [-0.15, -0.1) is 0 Å². The molecule has 0 saturated carbocycles. The maximum Gasteiger partial charge on any atom is 0 e. The Morgan fingerprint density at radius 3 is 2.00 bits per heavy atom. The Bertz CT molecular complexity index is 11.6. The molecule has 3 heteroatoms. The molecule has 1 radical (unpaired) electrons. The van der Waals surface area contributed by atoms with Crippen molar-refractivity contribution in [1.82, 2.24) is 0 Å². The first-order chi connectivity index (χ1) is 1.91. The monoisotopic (exact) mass is 166 g/mol. The Labute approximate surface area is 59.6 Å². The summed E-state index contributed by atoms with van der Waals surface area (Å²) in [6, 6.07) is 0. The van der Waals surface area contributed by atoms with Gasteiger partial charge in [0.2, 0.25) is 0 Å². The van der Waals surface area contributed by atoms with Crippen molar-refractivity contribution in [3.8, 4) is 0 Å². The molecule has 0 spiro atoms. The van der Waals surface area contributed by atoms with Gasteiger partial charge in [0, 0.05) is 32.7 Å². The molecular formula is C2H6OPY-. The predicted octanol–water partition coefficient (Wildman–Crippen LogP) is 1.02. The molecule has 1 unspecified atom stereocenters. The van der Waals surface area contributed by atoms with Crippen molar-refractivity contribution in [2.75, 3.05) is 6.66 Å². The van der Waals surface area contributed by atoms with Crippen LogP contribution in [0.3, 0.4) is 0 Å². The molecule has 0 aromatic carbocycles. The molecule has 1 nitrogen and oxygen atoms in total. The van der Waals surface area contributed by atoms with Crippen molar-refractivity contribution in [2.24, 2.45) is 0 Å². The third-order valence-electron chi connectivity index (χ3n) is 0.144. The van der Waals surface area contributed by atoms with E-state index in [1.165, 1.54) is 0 Å². The zero-order chi connectivity index (χ0) is 3.41. The zero-order valence-corrected chi connectivity index (χ0v) is 7.03. The maximum atomic E-state index is 4.32. The molecule has 0 aromatic rings. The summed E-state index contributed by atoms with van der Waals surface area (Å²) >= 11 is 0. The summed E-state index contributed by atoms with van der Waals surface area (Å²) in [6.07, 6.45) is 0. The van der Waals surface area contributed by atoms with E-state index in [-0.39, 0.29) is 32.7 Å². The molecule has 0 saturated heterocycles. The summed E-state index contributed by atoms with van der Waals surface area (Å²) in [4.78, 5) is 0. The van der Waals surface area contributed by atoms with Crippen LogP contribution in [0.1, 0.15) is 0 Å². The van der Waals surface area contributed by atoms with E-state index in [1.807, 2.05) is 6.66 Å². The van der Waals surface area contributed by atoms with Crippen molar-refractivity contribution >= 4 is 8.81 Å². The van der Waals surface area contributed by atoms with Gasteiger partial charge < -0.3 is 4.52 Å². The third kappa shape index (κ3) is 10.8. The molecular weight excluding hydrogens is 160 g/mol. The molecule has 0 fully saturated rings. The van der Waals surface area contributed by atoms with E-state index >= 15 is 0 Å². The van der Waals surface area contributed by atoms with Gasteiger partial charge in [-0.25, -0.2) is 7.11 Å². The Morgan fingerprint density at radius 2 is 2.00 bits per heavy atom.